The molecule has 0 saturated carbocycles. The predicted octanol–water partition coefficient (Wildman–Crippen LogP) is 3.59. The quantitative estimate of drug-likeness (QED) is 0.678. The van der Waals surface area contributed by atoms with E-state index < -0.39 is 11.6 Å². The fraction of sp³-hybridized carbons (Fsp3) is 0.588. The third-order valence-corrected chi connectivity index (χ3v) is 3.91. The Labute approximate surface area is 121 Å². The van der Waals surface area contributed by atoms with Crippen molar-refractivity contribution in [3.05, 3.63) is 28.8 Å². The molecular weight excluding hydrogens is 252 g/mol. The summed E-state index contributed by atoms with van der Waals surface area (Å²) in [5, 5.41) is 10.8. The topological polar surface area (TPSA) is 46.5 Å². The minimum Gasteiger partial charge on any atom is -0.423 e. The van der Waals surface area contributed by atoms with Gasteiger partial charge < -0.3 is 9.84 Å². The highest BCUT2D eigenvalue weighted by molar-refractivity contribution is 5.89. The first-order valence-electron chi connectivity index (χ1n) is 7.30. The number of aryl methyl sites for hydroxylation is 1. The molecule has 1 unspecified atom stereocenters. The smallest absolute Gasteiger partial charge is 0.348 e. The van der Waals surface area contributed by atoms with Gasteiger partial charge in [0.25, 0.3) is 0 Å². The van der Waals surface area contributed by atoms with E-state index in [-0.39, 0.29) is 5.41 Å². The Kier molecular flexibility index (Phi) is 3.67. The molecule has 1 aliphatic rings. The molecule has 1 atom stereocenters. The lowest BCUT2D eigenvalue weighted by atomic mass is 9.81. The zero-order valence-electron chi connectivity index (χ0n) is 13.0. The number of hydrogen-bond donors (Lipinski definition) is 1. The van der Waals surface area contributed by atoms with Gasteiger partial charge in [0.05, 0.1) is 0 Å². The minimum atomic E-state index is -1.47. The molecule has 110 valence electrons. The average Bonchev–Trinajstić information content (AvgIpc) is 2.59. The summed E-state index contributed by atoms with van der Waals surface area (Å²) in [6.07, 6.45) is 2.15. The van der Waals surface area contributed by atoms with Crippen molar-refractivity contribution in [1.29, 1.82) is 0 Å². The first kappa shape index (κ1) is 15.0. The maximum atomic E-state index is 12.2. The van der Waals surface area contributed by atoms with Crippen molar-refractivity contribution in [1.82, 2.24) is 0 Å². The SMILES string of the molecule is CCCCC1(O)C(=O)Oc2c(C(C)(C)C)cc(C)cc21. The first-order valence-corrected chi connectivity index (χ1v) is 7.30. The van der Waals surface area contributed by atoms with E-state index in [9.17, 15) is 9.90 Å². The predicted molar refractivity (Wildman–Crippen MR) is 78.9 cm³/mol. The van der Waals surface area contributed by atoms with Crippen LogP contribution in [0.5, 0.6) is 5.75 Å². The second-order valence-corrected chi connectivity index (χ2v) is 6.79. The van der Waals surface area contributed by atoms with Gasteiger partial charge in [-0.05, 0) is 31.2 Å². The highest BCUT2D eigenvalue weighted by atomic mass is 16.6. The Morgan fingerprint density at radius 1 is 1.30 bits per heavy atom. The number of hydrogen-bond acceptors (Lipinski definition) is 3. The number of esters is 1. The molecule has 1 aliphatic heterocycles. The fourth-order valence-electron chi connectivity index (χ4n) is 2.70. The maximum Gasteiger partial charge on any atom is 0.348 e. The van der Waals surface area contributed by atoms with Gasteiger partial charge in [-0.2, -0.15) is 0 Å². The van der Waals surface area contributed by atoms with Crippen LogP contribution in [0.2, 0.25) is 0 Å². The molecule has 3 heteroatoms. The zero-order chi connectivity index (χ0) is 15.1. The monoisotopic (exact) mass is 276 g/mol. The van der Waals surface area contributed by atoms with E-state index >= 15 is 0 Å². The third-order valence-electron chi connectivity index (χ3n) is 3.91. The molecule has 0 aliphatic carbocycles. The molecule has 0 spiro atoms. The van der Waals surface area contributed by atoms with Crippen molar-refractivity contribution >= 4 is 5.97 Å². The zero-order valence-corrected chi connectivity index (χ0v) is 13.0. The Hall–Kier alpha value is -1.35. The summed E-state index contributed by atoms with van der Waals surface area (Å²) < 4.78 is 5.44. The maximum absolute atomic E-state index is 12.2. The van der Waals surface area contributed by atoms with Crippen LogP contribution in [0.4, 0.5) is 0 Å². The Balaban J connectivity index is 2.59. The van der Waals surface area contributed by atoms with Crippen molar-refractivity contribution in [2.75, 3.05) is 0 Å². The minimum absolute atomic E-state index is 0.133. The molecule has 0 bridgehead atoms. The van der Waals surface area contributed by atoms with E-state index in [0.29, 0.717) is 17.7 Å². The number of aliphatic hydroxyl groups is 1. The van der Waals surface area contributed by atoms with Gasteiger partial charge in [0.1, 0.15) is 5.75 Å². The number of carbonyl (C=O) groups excluding carboxylic acids is 1. The molecule has 20 heavy (non-hydrogen) atoms. The van der Waals surface area contributed by atoms with E-state index in [1.54, 1.807) is 0 Å². The summed E-state index contributed by atoms with van der Waals surface area (Å²) in [5.74, 6) is 0.0313. The third kappa shape index (κ3) is 2.35. The van der Waals surface area contributed by atoms with E-state index in [4.69, 9.17) is 4.74 Å². The van der Waals surface area contributed by atoms with Gasteiger partial charge in [-0.3, -0.25) is 0 Å². The molecule has 0 radical (unpaired) electrons. The standard InChI is InChI=1S/C17H24O3/c1-6-7-8-17(19)13-10-11(2)9-12(16(3,4)5)14(13)20-15(17)18/h9-10,19H,6-8H2,1-5H3. The summed E-state index contributed by atoms with van der Waals surface area (Å²) in [7, 11) is 0. The van der Waals surface area contributed by atoms with E-state index in [0.717, 1.165) is 24.0 Å². The van der Waals surface area contributed by atoms with Gasteiger partial charge in [-0.25, -0.2) is 4.79 Å². The molecule has 0 amide bonds. The number of unbranched alkanes of at least 4 members (excludes halogenated alkanes) is 1. The van der Waals surface area contributed by atoms with Gasteiger partial charge in [-0.1, -0.05) is 45.7 Å². The van der Waals surface area contributed by atoms with Crippen LogP contribution in [0.15, 0.2) is 12.1 Å². The Bertz CT molecular complexity index is 540. The molecule has 0 fully saturated rings. The normalized spacial score (nSPS) is 21.8. The summed E-state index contributed by atoms with van der Waals surface area (Å²) in [4.78, 5) is 12.2. The van der Waals surface area contributed by atoms with Crippen molar-refractivity contribution < 1.29 is 14.6 Å². The van der Waals surface area contributed by atoms with Crippen LogP contribution in [0.25, 0.3) is 0 Å². The number of carbonyl (C=O) groups is 1. The van der Waals surface area contributed by atoms with Gasteiger partial charge in [0, 0.05) is 11.1 Å². The van der Waals surface area contributed by atoms with Gasteiger partial charge in [0.15, 0.2) is 5.60 Å². The highest BCUT2D eigenvalue weighted by Crippen LogP contribution is 2.46. The first-order chi connectivity index (χ1) is 9.20. The number of ether oxygens (including phenoxy) is 1. The summed E-state index contributed by atoms with van der Waals surface area (Å²) in [6.45, 7) is 10.3. The molecule has 3 nitrogen and oxygen atoms in total. The lowest BCUT2D eigenvalue weighted by molar-refractivity contribution is -0.152. The number of benzene rings is 1. The molecule has 0 saturated heterocycles. The number of rotatable bonds is 3. The van der Waals surface area contributed by atoms with E-state index in [1.165, 1.54) is 0 Å². The van der Waals surface area contributed by atoms with Crippen LogP contribution in [0, 0.1) is 6.92 Å². The second-order valence-electron chi connectivity index (χ2n) is 6.79. The Morgan fingerprint density at radius 2 is 1.95 bits per heavy atom. The van der Waals surface area contributed by atoms with Crippen LogP contribution in [0.1, 0.15) is 63.6 Å². The van der Waals surface area contributed by atoms with Crippen molar-refractivity contribution in [2.24, 2.45) is 0 Å². The van der Waals surface area contributed by atoms with Crippen LogP contribution in [0.3, 0.4) is 0 Å². The van der Waals surface area contributed by atoms with E-state index in [2.05, 4.69) is 20.8 Å². The van der Waals surface area contributed by atoms with Gasteiger partial charge in [-0.15, -0.1) is 0 Å². The van der Waals surface area contributed by atoms with Crippen molar-refractivity contribution in [2.45, 2.75) is 64.9 Å². The van der Waals surface area contributed by atoms with E-state index in [1.807, 2.05) is 26.0 Å². The largest absolute Gasteiger partial charge is 0.423 e. The Morgan fingerprint density at radius 3 is 2.50 bits per heavy atom. The van der Waals surface area contributed by atoms with Gasteiger partial charge in [0.2, 0.25) is 0 Å². The second kappa shape index (κ2) is 4.88. The van der Waals surface area contributed by atoms with Crippen LogP contribution < -0.4 is 4.74 Å². The molecule has 1 N–H and O–H groups in total. The summed E-state index contributed by atoms with van der Waals surface area (Å²) in [6, 6.07) is 3.92. The van der Waals surface area contributed by atoms with Crippen molar-refractivity contribution in [3.63, 3.8) is 0 Å². The molecule has 1 aromatic rings. The van der Waals surface area contributed by atoms with Crippen LogP contribution in [-0.2, 0) is 15.8 Å². The summed E-state index contributed by atoms with van der Waals surface area (Å²) in [5.41, 5.74) is 1.06. The lowest BCUT2D eigenvalue weighted by Gasteiger charge is -2.23. The summed E-state index contributed by atoms with van der Waals surface area (Å²) >= 11 is 0. The number of fused-ring (bicyclic) bond motifs is 1. The molecular formula is C17H24O3. The average molecular weight is 276 g/mol. The van der Waals surface area contributed by atoms with Crippen LogP contribution >= 0.6 is 0 Å². The highest BCUT2D eigenvalue weighted by Gasteiger charge is 2.48. The molecule has 0 aromatic heterocycles. The fourth-order valence-corrected chi connectivity index (χ4v) is 2.70. The molecule has 2 rings (SSSR count). The van der Waals surface area contributed by atoms with Crippen molar-refractivity contribution in [3.8, 4) is 5.75 Å². The lowest BCUT2D eigenvalue weighted by Crippen LogP contribution is -2.33. The van der Waals surface area contributed by atoms with Crippen LogP contribution in [-0.4, -0.2) is 11.1 Å². The van der Waals surface area contributed by atoms with Gasteiger partial charge >= 0.3 is 5.97 Å². The molecule has 1 heterocycles. The molecule has 1 aromatic carbocycles.